The maximum absolute atomic E-state index is 13.8. The van der Waals surface area contributed by atoms with Crippen LogP contribution in [0.3, 0.4) is 0 Å². The minimum absolute atomic E-state index is 0.0107. The lowest BCUT2D eigenvalue weighted by Gasteiger charge is -2.36. The van der Waals surface area contributed by atoms with Gasteiger partial charge in [0.15, 0.2) is 22.8 Å². The first-order valence-electron chi connectivity index (χ1n) is 11.7. The van der Waals surface area contributed by atoms with E-state index in [1.54, 1.807) is 36.5 Å². The van der Waals surface area contributed by atoms with Crippen LogP contribution in [0.5, 0.6) is 11.5 Å². The number of para-hydroxylation sites is 1. The molecule has 1 N–H and O–H groups in total. The number of thioether (sulfide) groups is 1. The number of nitrogens with zero attached hydrogens (tertiary/aromatic N) is 1. The number of fused-ring (bicyclic) bond motifs is 3. The Labute approximate surface area is 213 Å². The third-order valence-electron chi connectivity index (χ3n) is 6.53. The van der Waals surface area contributed by atoms with Crippen LogP contribution < -0.4 is 19.7 Å². The van der Waals surface area contributed by atoms with Crippen LogP contribution in [0, 0.1) is 6.92 Å². The Bertz CT molecular complexity index is 1270. The molecular formula is C27H28N2O4S2. The summed E-state index contributed by atoms with van der Waals surface area (Å²) >= 11 is 3.13. The lowest BCUT2D eigenvalue weighted by atomic mass is 9.94. The normalized spacial score (nSPS) is 16.8. The van der Waals surface area contributed by atoms with Gasteiger partial charge in [0.25, 0.3) is 5.91 Å². The van der Waals surface area contributed by atoms with Gasteiger partial charge in [-0.3, -0.25) is 14.5 Å². The Hall–Kier alpha value is -2.97. The Kier molecular flexibility index (Phi) is 6.75. The van der Waals surface area contributed by atoms with Crippen LogP contribution in [0.4, 0.5) is 10.7 Å². The average Bonchev–Trinajstić information content (AvgIpc) is 3.26. The van der Waals surface area contributed by atoms with Crippen molar-refractivity contribution < 1.29 is 19.1 Å². The van der Waals surface area contributed by atoms with Crippen molar-refractivity contribution in [1.82, 2.24) is 0 Å². The van der Waals surface area contributed by atoms with Gasteiger partial charge in [0.05, 0.1) is 25.5 Å². The van der Waals surface area contributed by atoms with Crippen LogP contribution in [0.1, 0.15) is 49.6 Å². The highest BCUT2D eigenvalue weighted by Crippen LogP contribution is 2.44. The summed E-state index contributed by atoms with van der Waals surface area (Å²) in [4.78, 5) is 30.2. The van der Waals surface area contributed by atoms with E-state index in [2.05, 4.69) is 5.32 Å². The van der Waals surface area contributed by atoms with Gasteiger partial charge < -0.3 is 14.8 Å². The van der Waals surface area contributed by atoms with Crippen molar-refractivity contribution in [2.75, 3.05) is 30.2 Å². The first-order chi connectivity index (χ1) is 17.0. The number of aryl methyl sites for hydroxylation is 2. The Morgan fingerprint density at radius 1 is 1.11 bits per heavy atom. The predicted octanol–water partition coefficient (Wildman–Crippen LogP) is 5.92. The fraction of sp³-hybridized carbons (Fsp3) is 0.333. The van der Waals surface area contributed by atoms with E-state index in [1.165, 1.54) is 28.6 Å². The van der Waals surface area contributed by atoms with Crippen LogP contribution in [0.15, 0.2) is 42.5 Å². The molecule has 0 bridgehead atoms. The molecule has 0 saturated carbocycles. The number of rotatable bonds is 7. The van der Waals surface area contributed by atoms with E-state index in [9.17, 15) is 9.59 Å². The largest absolute Gasteiger partial charge is 0.493 e. The molecule has 0 saturated heterocycles. The molecule has 3 aromatic rings. The lowest BCUT2D eigenvalue weighted by Crippen LogP contribution is -2.47. The van der Waals surface area contributed by atoms with Crippen LogP contribution in [-0.4, -0.2) is 37.2 Å². The van der Waals surface area contributed by atoms with Gasteiger partial charge in [-0.2, -0.15) is 0 Å². The second kappa shape index (κ2) is 9.95. The quantitative estimate of drug-likeness (QED) is 0.399. The zero-order valence-corrected chi connectivity index (χ0v) is 21.7. The van der Waals surface area contributed by atoms with Gasteiger partial charge in [0, 0.05) is 16.1 Å². The highest BCUT2D eigenvalue weighted by Gasteiger charge is 2.38. The number of thiophene rings is 1. The van der Waals surface area contributed by atoms with Crippen molar-refractivity contribution in [1.29, 1.82) is 0 Å². The summed E-state index contributed by atoms with van der Waals surface area (Å²) in [5, 5.41) is 4.52. The monoisotopic (exact) mass is 508 g/mol. The van der Waals surface area contributed by atoms with Gasteiger partial charge in [0.2, 0.25) is 0 Å². The minimum Gasteiger partial charge on any atom is -0.493 e. The van der Waals surface area contributed by atoms with Crippen molar-refractivity contribution in [3.8, 4) is 11.5 Å². The predicted molar refractivity (Wildman–Crippen MR) is 143 cm³/mol. The molecule has 2 heterocycles. The van der Waals surface area contributed by atoms with E-state index in [-0.39, 0.29) is 22.9 Å². The Morgan fingerprint density at radius 2 is 1.83 bits per heavy atom. The van der Waals surface area contributed by atoms with Gasteiger partial charge in [-0.1, -0.05) is 18.2 Å². The molecule has 0 spiro atoms. The number of nitrogens with one attached hydrogen (secondary N) is 1. The fourth-order valence-electron chi connectivity index (χ4n) is 4.77. The number of carbonyl (C=O) groups is 2. The molecule has 1 aliphatic heterocycles. The number of Topliss-reactive ketones (excluding diaryl/α,β-unsaturated/α-hetero) is 1. The summed E-state index contributed by atoms with van der Waals surface area (Å²) in [6.45, 7) is 1.89. The Balaban J connectivity index is 1.44. The molecule has 8 heteroatoms. The highest BCUT2D eigenvalue weighted by atomic mass is 32.2. The first kappa shape index (κ1) is 23.8. The summed E-state index contributed by atoms with van der Waals surface area (Å²) in [5.74, 6) is 1.32. The van der Waals surface area contributed by atoms with E-state index in [4.69, 9.17) is 9.47 Å². The number of ether oxygens (including phenoxy) is 2. The maximum atomic E-state index is 13.8. The van der Waals surface area contributed by atoms with Gasteiger partial charge in [-0.05, 0) is 68.0 Å². The van der Waals surface area contributed by atoms with E-state index >= 15 is 0 Å². The second-order valence-corrected chi connectivity index (χ2v) is 10.9. The zero-order chi connectivity index (χ0) is 24.5. The number of benzene rings is 2. The number of methoxy groups -OCH3 is 2. The maximum Gasteiger partial charge on any atom is 0.263 e. The Morgan fingerprint density at radius 3 is 2.57 bits per heavy atom. The minimum atomic E-state index is -0.387. The van der Waals surface area contributed by atoms with E-state index in [0.717, 1.165) is 41.1 Å². The number of hydrogen-bond donors (Lipinski definition) is 1. The molecule has 1 amide bonds. The number of ketones is 1. The molecule has 182 valence electrons. The van der Waals surface area contributed by atoms with Gasteiger partial charge in [-0.15, -0.1) is 23.1 Å². The summed E-state index contributed by atoms with van der Waals surface area (Å²) in [7, 11) is 3.14. The van der Waals surface area contributed by atoms with E-state index in [1.807, 2.05) is 43.3 Å². The molecule has 5 rings (SSSR count). The molecule has 2 aliphatic rings. The zero-order valence-electron chi connectivity index (χ0n) is 20.1. The molecule has 35 heavy (non-hydrogen) atoms. The van der Waals surface area contributed by atoms with E-state index in [0.29, 0.717) is 17.1 Å². The molecule has 0 fully saturated rings. The molecular weight excluding hydrogens is 480 g/mol. The summed E-state index contributed by atoms with van der Waals surface area (Å²) in [5.41, 5.74) is 3.87. The number of amides is 1. The second-order valence-electron chi connectivity index (χ2n) is 8.68. The SMILES string of the molecule is COc1cc(C)c(C(=O)CSC2Nc3sc4c(c3C(=O)N2c2ccccc2)CCCC4)cc1OC. The third-order valence-corrected chi connectivity index (χ3v) is 8.83. The lowest BCUT2D eigenvalue weighted by molar-refractivity contribution is 0.0979. The van der Waals surface area contributed by atoms with Crippen LogP contribution in [0.25, 0.3) is 0 Å². The summed E-state index contributed by atoms with van der Waals surface area (Å²) in [6.07, 6.45) is 4.26. The van der Waals surface area contributed by atoms with Gasteiger partial charge >= 0.3 is 0 Å². The number of anilines is 2. The van der Waals surface area contributed by atoms with Crippen LogP contribution >= 0.6 is 23.1 Å². The molecule has 6 nitrogen and oxygen atoms in total. The fourth-order valence-corrected chi connectivity index (χ4v) is 7.18. The first-order valence-corrected chi connectivity index (χ1v) is 13.6. The molecule has 1 aromatic heterocycles. The molecule has 1 atom stereocenters. The van der Waals surface area contributed by atoms with E-state index < -0.39 is 0 Å². The third kappa shape index (κ3) is 4.41. The van der Waals surface area contributed by atoms with Gasteiger partial charge in [0.1, 0.15) is 5.00 Å². The molecule has 0 radical (unpaired) electrons. The molecule has 1 unspecified atom stereocenters. The summed E-state index contributed by atoms with van der Waals surface area (Å²) in [6, 6.07) is 13.2. The molecule has 2 aromatic carbocycles. The van der Waals surface area contributed by atoms with Crippen LogP contribution in [-0.2, 0) is 12.8 Å². The smallest absolute Gasteiger partial charge is 0.263 e. The molecule has 1 aliphatic carbocycles. The highest BCUT2D eigenvalue weighted by molar-refractivity contribution is 8.00. The number of carbonyl (C=O) groups excluding carboxylic acids is 2. The average molecular weight is 509 g/mol. The van der Waals surface area contributed by atoms with Crippen LogP contribution in [0.2, 0.25) is 0 Å². The van der Waals surface area contributed by atoms with Gasteiger partial charge in [-0.25, -0.2) is 0 Å². The topological polar surface area (TPSA) is 67.9 Å². The van der Waals surface area contributed by atoms with Crippen molar-refractivity contribution in [3.05, 3.63) is 69.6 Å². The standard InChI is InChI=1S/C27H28N2O4S2/c1-16-13-21(32-2)22(33-3)14-19(16)20(30)15-34-27-28-25-24(18-11-7-8-12-23(18)35-25)26(31)29(27)17-9-5-4-6-10-17/h4-6,9-10,13-14,27-28H,7-8,11-12,15H2,1-3H3. The summed E-state index contributed by atoms with van der Waals surface area (Å²) < 4.78 is 10.8. The van der Waals surface area contributed by atoms with Crippen molar-refractivity contribution in [2.45, 2.75) is 38.1 Å². The van der Waals surface area contributed by atoms with Crippen molar-refractivity contribution >= 4 is 45.5 Å². The number of hydrogen-bond acceptors (Lipinski definition) is 7. The van der Waals surface area contributed by atoms with Crippen molar-refractivity contribution in [3.63, 3.8) is 0 Å². The van der Waals surface area contributed by atoms with Crippen molar-refractivity contribution in [2.24, 2.45) is 0 Å².